The molecule has 2 aromatic carbocycles. The molecule has 1 N–H and O–H groups in total. The number of carbonyl (C=O) groups is 1. The predicted molar refractivity (Wildman–Crippen MR) is 125 cm³/mol. The number of amides is 1. The summed E-state index contributed by atoms with van der Waals surface area (Å²) in [4.78, 5) is 15.4. The van der Waals surface area contributed by atoms with Crippen LogP contribution in [0.15, 0.2) is 42.5 Å². The largest absolute Gasteiger partial charge is 0.476 e. The number of halogens is 1. The minimum absolute atomic E-state index is 0.104. The second-order valence-electron chi connectivity index (χ2n) is 8.34. The molecule has 1 fully saturated rings. The summed E-state index contributed by atoms with van der Waals surface area (Å²) < 4.78 is 31.7. The van der Waals surface area contributed by atoms with E-state index in [2.05, 4.69) is 16.3 Å². The van der Waals surface area contributed by atoms with E-state index in [4.69, 9.17) is 16.3 Å². The fraction of sp³-hybridized carbons (Fsp3) is 0.435. The van der Waals surface area contributed by atoms with Gasteiger partial charge in [-0.3, -0.25) is 14.0 Å². The van der Waals surface area contributed by atoms with Gasteiger partial charge in [0.15, 0.2) is 6.10 Å². The number of carbonyl (C=O) groups excluding carboxylic acids is 1. The van der Waals surface area contributed by atoms with Gasteiger partial charge >= 0.3 is 0 Å². The van der Waals surface area contributed by atoms with Gasteiger partial charge in [0.2, 0.25) is 10.0 Å². The van der Waals surface area contributed by atoms with E-state index in [1.165, 1.54) is 35.2 Å². The monoisotopic (exact) mass is 477 g/mol. The average molecular weight is 478 g/mol. The van der Waals surface area contributed by atoms with Gasteiger partial charge in [-0.2, -0.15) is 0 Å². The number of benzene rings is 2. The second-order valence-corrected chi connectivity index (χ2v) is 10.7. The van der Waals surface area contributed by atoms with Crippen LogP contribution in [0.2, 0.25) is 5.02 Å². The summed E-state index contributed by atoms with van der Waals surface area (Å²) in [6.07, 6.45) is 3.89. The van der Waals surface area contributed by atoms with Gasteiger partial charge in [-0.1, -0.05) is 42.3 Å². The van der Waals surface area contributed by atoms with Crippen molar-refractivity contribution in [1.82, 2.24) is 10.2 Å². The first-order valence-electron chi connectivity index (χ1n) is 10.8. The minimum atomic E-state index is -3.60. The number of nitrogens with zero attached hydrogens (tertiary/aromatic N) is 2. The number of anilines is 1. The highest BCUT2D eigenvalue weighted by atomic mass is 35.5. The Morgan fingerprint density at radius 1 is 1.12 bits per heavy atom. The Balaban J connectivity index is 1.45. The third kappa shape index (κ3) is 5.36. The normalized spacial score (nSPS) is 19.2. The molecule has 2 aliphatic rings. The van der Waals surface area contributed by atoms with Gasteiger partial charge in [0, 0.05) is 18.1 Å². The van der Waals surface area contributed by atoms with Crippen molar-refractivity contribution in [2.24, 2.45) is 0 Å². The molecule has 0 bridgehead atoms. The Morgan fingerprint density at radius 3 is 2.56 bits per heavy atom. The molecule has 172 valence electrons. The van der Waals surface area contributed by atoms with E-state index in [1.54, 1.807) is 12.1 Å². The van der Waals surface area contributed by atoms with E-state index in [0.717, 1.165) is 31.5 Å². The third-order valence-corrected chi connectivity index (χ3v) is 7.28. The first kappa shape index (κ1) is 22.9. The standard InChI is InChI=1S/C23H28ClN3O4S/c1-32(29,30)27-16-22(31-21-10-9-19(24)13-20(21)27)23(28)25-14-17-7-3-4-8-18(17)15-26-11-5-2-6-12-26/h3-4,7-10,13,22H,2,5-6,11-12,14-16H2,1H3,(H,25,28). The summed E-state index contributed by atoms with van der Waals surface area (Å²) >= 11 is 6.03. The maximum absolute atomic E-state index is 12.9. The highest BCUT2D eigenvalue weighted by molar-refractivity contribution is 7.92. The second kappa shape index (κ2) is 9.68. The molecule has 4 rings (SSSR count). The summed E-state index contributed by atoms with van der Waals surface area (Å²) in [5, 5.41) is 3.33. The van der Waals surface area contributed by atoms with Gasteiger partial charge < -0.3 is 10.1 Å². The van der Waals surface area contributed by atoms with Crippen LogP contribution in [-0.2, 0) is 27.9 Å². The predicted octanol–water partition coefficient (Wildman–Crippen LogP) is 3.17. The number of hydrogen-bond acceptors (Lipinski definition) is 5. The van der Waals surface area contributed by atoms with E-state index in [-0.39, 0.29) is 12.5 Å². The van der Waals surface area contributed by atoms with E-state index in [9.17, 15) is 13.2 Å². The van der Waals surface area contributed by atoms with Crippen LogP contribution in [-0.4, -0.2) is 51.2 Å². The molecule has 0 aromatic heterocycles. The zero-order valence-electron chi connectivity index (χ0n) is 18.1. The van der Waals surface area contributed by atoms with E-state index >= 15 is 0 Å². The SMILES string of the molecule is CS(=O)(=O)N1CC(C(=O)NCc2ccccc2CN2CCCCC2)Oc2ccc(Cl)cc21. The number of piperidine rings is 1. The van der Waals surface area contributed by atoms with Crippen LogP contribution in [0.3, 0.4) is 0 Å². The Bertz CT molecular complexity index is 1090. The smallest absolute Gasteiger partial charge is 0.263 e. The minimum Gasteiger partial charge on any atom is -0.476 e. The molecular weight excluding hydrogens is 450 g/mol. The molecular formula is C23H28ClN3O4S. The number of sulfonamides is 1. The fourth-order valence-corrected chi connectivity index (χ4v) is 5.29. The van der Waals surface area contributed by atoms with Crippen molar-refractivity contribution in [1.29, 1.82) is 0 Å². The lowest BCUT2D eigenvalue weighted by molar-refractivity contribution is -0.127. The number of rotatable bonds is 6. The number of likely N-dealkylation sites (tertiary alicyclic amines) is 1. The van der Waals surface area contributed by atoms with Crippen molar-refractivity contribution in [3.63, 3.8) is 0 Å². The first-order valence-corrected chi connectivity index (χ1v) is 13.0. The highest BCUT2D eigenvalue weighted by Crippen LogP contribution is 2.37. The molecule has 2 heterocycles. The lowest BCUT2D eigenvalue weighted by atomic mass is 10.0. The molecule has 2 aliphatic heterocycles. The molecule has 0 spiro atoms. The molecule has 9 heteroatoms. The van der Waals surface area contributed by atoms with Gasteiger partial charge in [-0.05, 0) is 55.3 Å². The van der Waals surface area contributed by atoms with Gasteiger partial charge in [0.1, 0.15) is 5.75 Å². The third-order valence-electron chi connectivity index (χ3n) is 5.90. The van der Waals surface area contributed by atoms with Crippen LogP contribution in [0, 0.1) is 0 Å². The summed E-state index contributed by atoms with van der Waals surface area (Å²) in [7, 11) is -3.60. The van der Waals surface area contributed by atoms with Crippen molar-refractivity contribution >= 4 is 33.2 Å². The van der Waals surface area contributed by atoms with Crippen molar-refractivity contribution in [3.8, 4) is 5.75 Å². The Morgan fingerprint density at radius 2 is 1.84 bits per heavy atom. The summed E-state index contributed by atoms with van der Waals surface area (Å²) in [6, 6.07) is 12.8. The van der Waals surface area contributed by atoms with E-state index in [0.29, 0.717) is 23.0 Å². The molecule has 1 atom stereocenters. The molecule has 1 saturated heterocycles. The summed E-state index contributed by atoms with van der Waals surface area (Å²) in [6.45, 7) is 3.31. The van der Waals surface area contributed by atoms with Crippen molar-refractivity contribution < 1.29 is 17.9 Å². The number of nitrogens with one attached hydrogen (secondary N) is 1. The van der Waals surface area contributed by atoms with Gasteiger partial charge in [0.05, 0.1) is 18.5 Å². The lowest BCUT2D eigenvalue weighted by Gasteiger charge is -2.34. The van der Waals surface area contributed by atoms with Crippen LogP contribution in [0.4, 0.5) is 5.69 Å². The Labute approximate surface area is 194 Å². The van der Waals surface area contributed by atoms with Crippen molar-refractivity contribution in [2.45, 2.75) is 38.5 Å². The van der Waals surface area contributed by atoms with Crippen LogP contribution in [0.1, 0.15) is 30.4 Å². The number of ether oxygens (including phenoxy) is 1. The highest BCUT2D eigenvalue weighted by Gasteiger charge is 2.35. The molecule has 0 radical (unpaired) electrons. The molecule has 32 heavy (non-hydrogen) atoms. The quantitative estimate of drug-likeness (QED) is 0.691. The van der Waals surface area contributed by atoms with E-state index in [1.807, 2.05) is 18.2 Å². The van der Waals surface area contributed by atoms with Crippen LogP contribution >= 0.6 is 11.6 Å². The Hall–Kier alpha value is -2.29. The molecule has 7 nitrogen and oxygen atoms in total. The lowest BCUT2D eigenvalue weighted by Crippen LogP contribution is -2.50. The zero-order chi connectivity index (χ0) is 22.7. The Kier molecular flexibility index (Phi) is 6.93. The van der Waals surface area contributed by atoms with Gasteiger partial charge in [-0.25, -0.2) is 8.42 Å². The topological polar surface area (TPSA) is 79.0 Å². The maximum Gasteiger partial charge on any atom is 0.263 e. The van der Waals surface area contributed by atoms with Crippen LogP contribution in [0.5, 0.6) is 5.75 Å². The van der Waals surface area contributed by atoms with Gasteiger partial charge in [0.25, 0.3) is 5.91 Å². The molecule has 1 unspecified atom stereocenters. The van der Waals surface area contributed by atoms with Crippen molar-refractivity contribution in [3.05, 3.63) is 58.6 Å². The van der Waals surface area contributed by atoms with Crippen molar-refractivity contribution in [2.75, 3.05) is 30.2 Å². The summed E-state index contributed by atoms with van der Waals surface area (Å²) in [5.74, 6) is -0.0382. The van der Waals surface area contributed by atoms with E-state index < -0.39 is 16.1 Å². The molecule has 0 aliphatic carbocycles. The maximum atomic E-state index is 12.9. The number of fused-ring (bicyclic) bond motifs is 1. The van der Waals surface area contributed by atoms with Crippen LogP contribution < -0.4 is 14.4 Å². The van der Waals surface area contributed by atoms with Crippen LogP contribution in [0.25, 0.3) is 0 Å². The first-order chi connectivity index (χ1) is 15.3. The zero-order valence-corrected chi connectivity index (χ0v) is 19.7. The summed E-state index contributed by atoms with van der Waals surface area (Å²) in [5.41, 5.74) is 2.59. The molecule has 1 amide bonds. The number of hydrogen-bond donors (Lipinski definition) is 1. The van der Waals surface area contributed by atoms with Gasteiger partial charge in [-0.15, -0.1) is 0 Å². The molecule has 2 aromatic rings. The average Bonchev–Trinajstić information content (AvgIpc) is 2.77. The fourth-order valence-electron chi connectivity index (χ4n) is 4.21. The molecule has 0 saturated carbocycles.